The van der Waals surface area contributed by atoms with Crippen molar-refractivity contribution < 1.29 is 9.18 Å². The zero-order chi connectivity index (χ0) is 12.4. The Labute approximate surface area is 98.1 Å². The summed E-state index contributed by atoms with van der Waals surface area (Å²) in [6.07, 6.45) is 1.71. The van der Waals surface area contributed by atoms with E-state index in [0.29, 0.717) is 5.69 Å². The molecule has 0 saturated heterocycles. The molecule has 0 fully saturated rings. The average Bonchev–Trinajstić information content (AvgIpc) is 2.67. The second-order valence-corrected chi connectivity index (χ2v) is 3.97. The third kappa shape index (κ3) is 2.55. The Kier molecular flexibility index (Phi) is 2.99. The number of ketones is 1. The lowest BCUT2D eigenvalue weighted by atomic mass is 10.0. The highest BCUT2D eigenvalue weighted by molar-refractivity contribution is 5.97. The fourth-order valence-electron chi connectivity index (χ4n) is 1.59. The van der Waals surface area contributed by atoms with Gasteiger partial charge in [0.05, 0.1) is 17.7 Å². The molecule has 0 unspecified atom stereocenters. The Bertz CT molecular complexity index is 563. The fourth-order valence-corrected chi connectivity index (χ4v) is 1.59. The molecule has 4 nitrogen and oxygen atoms in total. The Morgan fingerprint density at radius 2 is 2.24 bits per heavy atom. The van der Waals surface area contributed by atoms with Gasteiger partial charge in [0.25, 0.3) is 0 Å². The Morgan fingerprint density at radius 1 is 1.47 bits per heavy atom. The van der Waals surface area contributed by atoms with E-state index in [4.69, 9.17) is 0 Å². The molecule has 0 N–H and O–H groups in total. The maximum absolute atomic E-state index is 13.5. The van der Waals surface area contributed by atoms with E-state index in [-0.39, 0.29) is 17.8 Å². The molecule has 2 aromatic rings. The lowest BCUT2D eigenvalue weighted by Gasteiger charge is -2.02. The summed E-state index contributed by atoms with van der Waals surface area (Å²) in [6, 6.07) is 4.49. The zero-order valence-corrected chi connectivity index (χ0v) is 9.64. The lowest BCUT2D eigenvalue weighted by molar-refractivity contribution is 0.0988. The molecular formula is C12H12FN3O. The Balaban J connectivity index is 2.22. The van der Waals surface area contributed by atoms with Crippen LogP contribution in [0.1, 0.15) is 21.6 Å². The number of carbonyl (C=O) groups excluding carboxylic acids is 1. The molecular weight excluding hydrogens is 221 g/mol. The topological polar surface area (TPSA) is 47.8 Å². The van der Waals surface area contributed by atoms with Crippen molar-refractivity contribution in [3.8, 4) is 0 Å². The third-order valence-electron chi connectivity index (χ3n) is 2.41. The second kappa shape index (κ2) is 4.45. The molecule has 0 amide bonds. The number of rotatable bonds is 3. The number of nitrogens with zero attached hydrogens (tertiary/aromatic N) is 3. The highest BCUT2D eigenvalue weighted by Crippen LogP contribution is 2.12. The summed E-state index contributed by atoms with van der Waals surface area (Å²) in [4.78, 5) is 11.9. The number of benzene rings is 1. The van der Waals surface area contributed by atoms with Crippen molar-refractivity contribution in [1.82, 2.24) is 15.0 Å². The standard InChI is InChI=1S/C12H12FN3O/c1-8-3-4-11(13)10(5-8)12(17)6-9-7-16(2)15-14-9/h3-5,7H,6H2,1-2H3. The molecule has 0 aliphatic rings. The van der Waals surface area contributed by atoms with Crippen molar-refractivity contribution in [3.63, 3.8) is 0 Å². The first kappa shape index (κ1) is 11.4. The van der Waals surface area contributed by atoms with Crippen LogP contribution in [0.4, 0.5) is 4.39 Å². The number of hydrogen-bond donors (Lipinski definition) is 0. The van der Waals surface area contributed by atoms with Gasteiger partial charge in [-0.2, -0.15) is 0 Å². The SMILES string of the molecule is Cc1ccc(F)c(C(=O)Cc2cn(C)nn2)c1. The molecule has 5 heteroatoms. The highest BCUT2D eigenvalue weighted by atomic mass is 19.1. The summed E-state index contributed by atoms with van der Waals surface area (Å²) in [5, 5.41) is 7.53. The van der Waals surface area contributed by atoms with E-state index < -0.39 is 5.82 Å². The molecule has 0 aliphatic heterocycles. The van der Waals surface area contributed by atoms with Crippen LogP contribution in [-0.4, -0.2) is 20.8 Å². The van der Waals surface area contributed by atoms with Crippen LogP contribution in [0.2, 0.25) is 0 Å². The summed E-state index contributed by atoms with van der Waals surface area (Å²) in [5.41, 5.74) is 1.50. The number of hydrogen-bond acceptors (Lipinski definition) is 3. The first-order valence-electron chi connectivity index (χ1n) is 5.21. The van der Waals surface area contributed by atoms with Gasteiger partial charge in [-0.25, -0.2) is 4.39 Å². The smallest absolute Gasteiger partial charge is 0.171 e. The van der Waals surface area contributed by atoms with Crippen molar-refractivity contribution in [1.29, 1.82) is 0 Å². The quantitative estimate of drug-likeness (QED) is 0.758. The number of carbonyl (C=O) groups is 1. The van der Waals surface area contributed by atoms with Crippen LogP contribution in [0.3, 0.4) is 0 Å². The van der Waals surface area contributed by atoms with Crippen molar-refractivity contribution in [2.75, 3.05) is 0 Å². The van der Waals surface area contributed by atoms with Crippen molar-refractivity contribution in [2.45, 2.75) is 13.3 Å². The van der Waals surface area contributed by atoms with Crippen LogP contribution >= 0.6 is 0 Å². The second-order valence-electron chi connectivity index (χ2n) is 3.97. The number of halogens is 1. The van der Waals surface area contributed by atoms with Crippen LogP contribution in [0.15, 0.2) is 24.4 Å². The summed E-state index contributed by atoms with van der Waals surface area (Å²) in [7, 11) is 1.72. The molecule has 1 aromatic carbocycles. The molecule has 0 aliphatic carbocycles. The average molecular weight is 233 g/mol. The fraction of sp³-hybridized carbons (Fsp3) is 0.250. The van der Waals surface area contributed by atoms with Crippen molar-refractivity contribution in [3.05, 3.63) is 47.0 Å². The molecule has 2 rings (SSSR count). The molecule has 17 heavy (non-hydrogen) atoms. The van der Waals surface area contributed by atoms with E-state index in [0.717, 1.165) is 5.56 Å². The summed E-state index contributed by atoms with van der Waals surface area (Å²) >= 11 is 0. The Morgan fingerprint density at radius 3 is 2.88 bits per heavy atom. The van der Waals surface area contributed by atoms with Gasteiger partial charge in [-0.15, -0.1) is 5.10 Å². The maximum atomic E-state index is 13.5. The molecule has 0 saturated carbocycles. The number of aryl methyl sites for hydroxylation is 2. The maximum Gasteiger partial charge on any atom is 0.171 e. The van der Waals surface area contributed by atoms with E-state index in [1.807, 2.05) is 6.92 Å². The van der Waals surface area contributed by atoms with E-state index >= 15 is 0 Å². The molecule has 0 bridgehead atoms. The predicted molar refractivity (Wildman–Crippen MR) is 60.2 cm³/mol. The van der Waals surface area contributed by atoms with Gasteiger partial charge < -0.3 is 0 Å². The minimum absolute atomic E-state index is 0.0637. The van der Waals surface area contributed by atoms with E-state index in [9.17, 15) is 9.18 Å². The van der Waals surface area contributed by atoms with Crippen molar-refractivity contribution in [2.24, 2.45) is 7.05 Å². The number of aromatic nitrogens is 3. The largest absolute Gasteiger partial charge is 0.294 e. The molecule has 1 aromatic heterocycles. The summed E-state index contributed by atoms with van der Waals surface area (Å²) in [6.45, 7) is 1.82. The van der Waals surface area contributed by atoms with Crippen LogP contribution in [0, 0.1) is 12.7 Å². The Hall–Kier alpha value is -2.04. The monoisotopic (exact) mass is 233 g/mol. The first-order valence-corrected chi connectivity index (χ1v) is 5.21. The molecule has 0 spiro atoms. The lowest BCUT2D eigenvalue weighted by Crippen LogP contribution is -2.07. The highest BCUT2D eigenvalue weighted by Gasteiger charge is 2.14. The summed E-state index contributed by atoms with van der Waals surface area (Å²) < 4.78 is 15.0. The van der Waals surface area contributed by atoms with Crippen LogP contribution < -0.4 is 0 Å². The van der Waals surface area contributed by atoms with Gasteiger partial charge in [-0.3, -0.25) is 9.48 Å². The molecule has 0 radical (unpaired) electrons. The van der Waals surface area contributed by atoms with Crippen LogP contribution in [-0.2, 0) is 13.5 Å². The van der Waals surface area contributed by atoms with Gasteiger partial charge in [0.1, 0.15) is 5.82 Å². The predicted octanol–water partition coefficient (Wildman–Crippen LogP) is 1.69. The van der Waals surface area contributed by atoms with Gasteiger partial charge in [-0.05, 0) is 19.1 Å². The van der Waals surface area contributed by atoms with E-state index in [1.165, 1.54) is 10.7 Å². The molecule has 1 heterocycles. The van der Waals surface area contributed by atoms with E-state index in [2.05, 4.69) is 10.3 Å². The first-order chi connectivity index (χ1) is 8.06. The van der Waals surface area contributed by atoms with Gasteiger partial charge in [0.15, 0.2) is 5.78 Å². The normalized spacial score (nSPS) is 10.5. The van der Waals surface area contributed by atoms with Crippen LogP contribution in [0.25, 0.3) is 0 Å². The number of Topliss-reactive ketones (excluding diaryl/α,β-unsaturated/α-hetero) is 1. The minimum Gasteiger partial charge on any atom is -0.294 e. The van der Waals surface area contributed by atoms with Crippen molar-refractivity contribution >= 4 is 5.78 Å². The zero-order valence-electron chi connectivity index (χ0n) is 9.64. The van der Waals surface area contributed by atoms with E-state index in [1.54, 1.807) is 25.4 Å². The van der Waals surface area contributed by atoms with Crippen LogP contribution in [0.5, 0.6) is 0 Å². The molecule has 88 valence electrons. The van der Waals surface area contributed by atoms with Gasteiger partial charge >= 0.3 is 0 Å². The van der Waals surface area contributed by atoms with Gasteiger partial charge in [-0.1, -0.05) is 16.8 Å². The minimum atomic E-state index is -0.496. The summed E-state index contributed by atoms with van der Waals surface area (Å²) in [5.74, 6) is -0.781. The third-order valence-corrected chi connectivity index (χ3v) is 2.41. The molecule has 0 atom stereocenters. The van der Waals surface area contributed by atoms with Gasteiger partial charge in [0.2, 0.25) is 0 Å². The van der Waals surface area contributed by atoms with Gasteiger partial charge in [0, 0.05) is 13.2 Å².